The van der Waals surface area contributed by atoms with Crippen LogP contribution in [0.2, 0.25) is 0 Å². The lowest BCUT2D eigenvalue weighted by Gasteiger charge is -2.17. The van der Waals surface area contributed by atoms with E-state index in [1.165, 1.54) is 67.8 Å². The monoisotopic (exact) mass is 371 g/mol. The van der Waals surface area contributed by atoms with Crippen LogP contribution in [0, 0.1) is 21.7 Å². The molecule has 0 bridgehead atoms. The molecular formula is C20H15F2NO4. The van der Waals surface area contributed by atoms with Crippen LogP contribution in [-0.4, -0.2) is 17.1 Å². The van der Waals surface area contributed by atoms with Crippen molar-refractivity contribution in [3.63, 3.8) is 0 Å². The van der Waals surface area contributed by atoms with E-state index in [0.29, 0.717) is 5.56 Å². The molecule has 0 fully saturated rings. The molecule has 0 aliphatic rings. The van der Waals surface area contributed by atoms with Crippen LogP contribution in [0.5, 0.6) is 5.75 Å². The number of aliphatic hydroxyl groups is 1. The van der Waals surface area contributed by atoms with Gasteiger partial charge in [0.1, 0.15) is 23.5 Å². The van der Waals surface area contributed by atoms with Crippen molar-refractivity contribution in [2.45, 2.75) is 6.10 Å². The molecule has 3 aromatic carbocycles. The summed E-state index contributed by atoms with van der Waals surface area (Å²) in [6.07, 6.45) is -1.34. The maximum Gasteiger partial charge on any atom is 0.270 e. The second-order valence-electron chi connectivity index (χ2n) is 5.81. The Kier molecular flexibility index (Phi) is 5.14. The van der Waals surface area contributed by atoms with Crippen molar-refractivity contribution < 1.29 is 23.5 Å². The number of non-ortho nitro benzene ring substituents is 1. The van der Waals surface area contributed by atoms with E-state index in [4.69, 9.17) is 4.74 Å². The second-order valence-corrected chi connectivity index (χ2v) is 5.81. The SMILES string of the molecule is COc1ccc(C(O)c2ccc(F)cc2)c(F)c1-c1cccc([N+](=O)[O-])c1. The van der Waals surface area contributed by atoms with Gasteiger partial charge in [0.25, 0.3) is 5.69 Å². The number of nitrogens with zero attached hydrogens (tertiary/aromatic N) is 1. The van der Waals surface area contributed by atoms with E-state index in [1.54, 1.807) is 0 Å². The summed E-state index contributed by atoms with van der Waals surface area (Å²) in [5, 5.41) is 21.6. The molecule has 0 saturated heterocycles. The molecule has 3 rings (SSSR count). The summed E-state index contributed by atoms with van der Waals surface area (Å²) in [6, 6.07) is 13.4. The van der Waals surface area contributed by atoms with Gasteiger partial charge in [0.2, 0.25) is 0 Å². The van der Waals surface area contributed by atoms with E-state index in [-0.39, 0.29) is 28.1 Å². The number of nitro benzene ring substituents is 1. The summed E-state index contributed by atoms with van der Waals surface area (Å²) in [7, 11) is 1.35. The Balaban J connectivity index is 2.14. The molecule has 7 heteroatoms. The van der Waals surface area contributed by atoms with E-state index in [1.807, 2.05) is 0 Å². The lowest BCUT2D eigenvalue weighted by Crippen LogP contribution is -2.05. The maximum absolute atomic E-state index is 15.3. The first kappa shape index (κ1) is 18.5. The first-order valence-corrected chi connectivity index (χ1v) is 7.97. The van der Waals surface area contributed by atoms with E-state index < -0.39 is 22.7 Å². The van der Waals surface area contributed by atoms with Crippen LogP contribution < -0.4 is 4.74 Å². The molecule has 1 unspecified atom stereocenters. The Morgan fingerprint density at radius 1 is 1.07 bits per heavy atom. The molecule has 27 heavy (non-hydrogen) atoms. The average Bonchev–Trinajstić information content (AvgIpc) is 2.67. The zero-order valence-corrected chi connectivity index (χ0v) is 14.2. The fourth-order valence-corrected chi connectivity index (χ4v) is 2.82. The van der Waals surface area contributed by atoms with E-state index >= 15 is 4.39 Å². The molecule has 5 nitrogen and oxygen atoms in total. The van der Waals surface area contributed by atoms with Crippen molar-refractivity contribution in [3.8, 4) is 16.9 Å². The lowest BCUT2D eigenvalue weighted by atomic mass is 9.95. The maximum atomic E-state index is 15.3. The molecule has 1 N–H and O–H groups in total. The van der Waals surface area contributed by atoms with Crippen LogP contribution in [0.25, 0.3) is 11.1 Å². The third-order valence-corrected chi connectivity index (χ3v) is 4.18. The Morgan fingerprint density at radius 3 is 2.41 bits per heavy atom. The number of hydrogen-bond acceptors (Lipinski definition) is 4. The van der Waals surface area contributed by atoms with Crippen molar-refractivity contribution in [1.29, 1.82) is 0 Å². The van der Waals surface area contributed by atoms with Gasteiger partial charge in [-0.15, -0.1) is 0 Å². The van der Waals surface area contributed by atoms with Gasteiger partial charge < -0.3 is 9.84 Å². The molecule has 0 aliphatic carbocycles. The number of methoxy groups -OCH3 is 1. The van der Waals surface area contributed by atoms with Crippen LogP contribution in [0.15, 0.2) is 60.7 Å². The van der Waals surface area contributed by atoms with Gasteiger partial charge in [0, 0.05) is 17.7 Å². The van der Waals surface area contributed by atoms with Gasteiger partial charge in [0.15, 0.2) is 0 Å². The first-order chi connectivity index (χ1) is 12.9. The van der Waals surface area contributed by atoms with Crippen LogP contribution in [0.1, 0.15) is 17.2 Å². The van der Waals surface area contributed by atoms with Gasteiger partial charge in [-0.05, 0) is 35.4 Å². The summed E-state index contributed by atoms with van der Waals surface area (Å²) in [6.45, 7) is 0. The summed E-state index contributed by atoms with van der Waals surface area (Å²) in [4.78, 5) is 10.4. The van der Waals surface area contributed by atoms with Crippen molar-refractivity contribution in [1.82, 2.24) is 0 Å². The minimum atomic E-state index is -1.34. The van der Waals surface area contributed by atoms with Crippen LogP contribution in [0.3, 0.4) is 0 Å². The summed E-state index contributed by atoms with van der Waals surface area (Å²) in [5.41, 5.74) is 0.305. The Hall–Kier alpha value is -3.32. The molecule has 0 radical (unpaired) electrons. The van der Waals surface area contributed by atoms with Crippen molar-refractivity contribution in [3.05, 3.63) is 93.5 Å². The fraction of sp³-hybridized carbons (Fsp3) is 0.100. The molecule has 138 valence electrons. The van der Waals surface area contributed by atoms with Gasteiger partial charge in [-0.3, -0.25) is 10.1 Å². The lowest BCUT2D eigenvalue weighted by molar-refractivity contribution is -0.384. The van der Waals surface area contributed by atoms with Crippen LogP contribution in [0.4, 0.5) is 14.5 Å². The fourth-order valence-electron chi connectivity index (χ4n) is 2.82. The topological polar surface area (TPSA) is 72.6 Å². The van der Waals surface area contributed by atoms with E-state index in [2.05, 4.69) is 0 Å². The van der Waals surface area contributed by atoms with E-state index in [0.717, 1.165) is 0 Å². The zero-order valence-electron chi connectivity index (χ0n) is 14.2. The minimum absolute atomic E-state index is 0.000128. The molecule has 0 saturated carbocycles. The largest absolute Gasteiger partial charge is 0.496 e. The number of hydrogen-bond donors (Lipinski definition) is 1. The average molecular weight is 371 g/mol. The summed E-state index contributed by atoms with van der Waals surface area (Å²) in [5.74, 6) is -1.08. The molecule has 1 atom stereocenters. The first-order valence-electron chi connectivity index (χ1n) is 7.97. The number of halogens is 2. The van der Waals surface area contributed by atoms with Gasteiger partial charge in [-0.2, -0.15) is 0 Å². The second kappa shape index (κ2) is 7.51. The Morgan fingerprint density at radius 2 is 1.78 bits per heavy atom. The predicted octanol–water partition coefficient (Wildman–Crippen LogP) is 4.63. The predicted molar refractivity (Wildman–Crippen MR) is 95.5 cm³/mol. The quantitative estimate of drug-likeness (QED) is 0.524. The molecule has 0 aromatic heterocycles. The molecule has 3 aromatic rings. The number of benzene rings is 3. The highest BCUT2D eigenvalue weighted by Crippen LogP contribution is 2.38. The van der Waals surface area contributed by atoms with Gasteiger partial charge in [0.05, 0.1) is 17.6 Å². The number of rotatable bonds is 5. The minimum Gasteiger partial charge on any atom is -0.496 e. The normalized spacial score (nSPS) is 11.9. The van der Waals surface area contributed by atoms with Crippen molar-refractivity contribution in [2.75, 3.05) is 7.11 Å². The summed E-state index contributed by atoms with van der Waals surface area (Å²) >= 11 is 0. The van der Waals surface area contributed by atoms with Crippen molar-refractivity contribution >= 4 is 5.69 Å². The van der Waals surface area contributed by atoms with Gasteiger partial charge in [-0.25, -0.2) is 8.78 Å². The molecule has 0 amide bonds. The Labute approximate surface area is 153 Å². The number of nitro groups is 1. The standard InChI is InChI=1S/C20H15F2NO4/c1-27-17-10-9-16(20(24)12-5-7-14(21)8-6-12)19(22)18(17)13-3-2-4-15(11-13)23(25)26/h2-11,20,24H,1H3. The smallest absolute Gasteiger partial charge is 0.270 e. The highest BCUT2D eigenvalue weighted by atomic mass is 19.1. The van der Waals surface area contributed by atoms with Crippen molar-refractivity contribution in [2.24, 2.45) is 0 Å². The number of ether oxygens (including phenoxy) is 1. The third kappa shape index (κ3) is 3.63. The van der Waals surface area contributed by atoms with Crippen LogP contribution >= 0.6 is 0 Å². The molecular weight excluding hydrogens is 356 g/mol. The molecule has 0 spiro atoms. The highest BCUT2D eigenvalue weighted by Gasteiger charge is 2.22. The third-order valence-electron chi connectivity index (χ3n) is 4.18. The van der Waals surface area contributed by atoms with E-state index in [9.17, 15) is 19.6 Å². The number of aliphatic hydroxyl groups excluding tert-OH is 1. The Bertz CT molecular complexity index is 990. The van der Waals surface area contributed by atoms with Gasteiger partial charge >= 0.3 is 0 Å². The zero-order chi connectivity index (χ0) is 19.6. The highest BCUT2D eigenvalue weighted by molar-refractivity contribution is 5.74. The molecule has 0 aliphatic heterocycles. The summed E-state index contributed by atoms with van der Waals surface area (Å²) < 4.78 is 33.6. The van der Waals surface area contributed by atoms with Crippen LogP contribution in [-0.2, 0) is 0 Å². The molecule has 0 heterocycles. The van der Waals surface area contributed by atoms with Gasteiger partial charge in [-0.1, -0.05) is 24.3 Å².